The molecule has 0 aromatic heterocycles. The van der Waals surface area contributed by atoms with Crippen LogP contribution < -0.4 is 0 Å². The Kier molecular flexibility index (Phi) is 8.13. The predicted molar refractivity (Wildman–Crippen MR) is 183 cm³/mol. The molecule has 5 saturated carbocycles. The van der Waals surface area contributed by atoms with Gasteiger partial charge in [-0.3, -0.25) is 4.79 Å². The molecule has 1 heterocycles. The number of fused-ring (bicyclic) bond motifs is 3. The molecular weight excluding hydrogens is 604 g/mol. The van der Waals surface area contributed by atoms with Crippen LogP contribution in [0.15, 0.2) is 36.4 Å². The van der Waals surface area contributed by atoms with Crippen molar-refractivity contribution in [2.24, 2.45) is 50.7 Å². The Morgan fingerprint density at radius 3 is 2.33 bits per heavy atom. The van der Waals surface area contributed by atoms with Crippen LogP contribution in [0, 0.1) is 50.7 Å². The van der Waals surface area contributed by atoms with E-state index in [0.717, 1.165) is 56.9 Å². The predicted octanol–water partition coefficient (Wildman–Crippen LogP) is 7.13. The van der Waals surface area contributed by atoms with Gasteiger partial charge in [-0.15, -0.1) is 0 Å². The molecule has 0 amide bonds. The number of esters is 2. The molecule has 6 aliphatic rings. The molecule has 0 spiro atoms. The van der Waals surface area contributed by atoms with Crippen LogP contribution >= 0.6 is 0 Å². The van der Waals surface area contributed by atoms with Crippen molar-refractivity contribution >= 4 is 18.0 Å². The lowest BCUT2D eigenvalue weighted by molar-refractivity contribution is -0.251. The van der Waals surface area contributed by atoms with E-state index in [1.807, 2.05) is 36.4 Å². The molecule has 5 aliphatic carbocycles. The highest BCUT2D eigenvalue weighted by Gasteiger charge is 2.86. The highest BCUT2D eigenvalue weighted by atomic mass is 16.5. The van der Waals surface area contributed by atoms with Gasteiger partial charge in [0.05, 0.1) is 18.3 Å². The van der Waals surface area contributed by atoms with Crippen LogP contribution in [-0.2, 0) is 23.8 Å². The molecule has 0 bridgehead atoms. The van der Waals surface area contributed by atoms with Gasteiger partial charge in [0.2, 0.25) is 0 Å². The van der Waals surface area contributed by atoms with Crippen LogP contribution in [-0.4, -0.2) is 58.8 Å². The van der Waals surface area contributed by atoms with Crippen molar-refractivity contribution in [3.05, 3.63) is 42.0 Å². The zero-order chi connectivity index (χ0) is 34.5. The lowest BCUT2D eigenvalue weighted by Crippen LogP contribution is -2.67. The Morgan fingerprint density at radius 1 is 0.938 bits per heavy atom. The van der Waals surface area contributed by atoms with Gasteiger partial charge in [0.15, 0.2) is 0 Å². The van der Waals surface area contributed by atoms with Gasteiger partial charge in [-0.2, -0.15) is 0 Å². The summed E-state index contributed by atoms with van der Waals surface area (Å²) in [5, 5.41) is 21.7. The fourth-order valence-electron chi connectivity index (χ4n) is 13.6. The fourth-order valence-corrected chi connectivity index (χ4v) is 13.6. The van der Waals surface area contributed by atoms with E-state index in [-0.39, 0.29) is 63.1 Å². The van der Waals surface area contributed by atoms with Crippen molar-refractivity contribution in [1.29, 1.82) is 0 Å². The number of aliphatic hydroxyl groups is 2. The molecule has 1 unspecified atom stereocenters. The van der Waals surface area contributed by atoms with E-state index in [2.05, 4.69) is 27.7 Å². The van der Waals surface area contributed by atoms with Crippen molar-refractivity contribution in [3.8, 4) is 0 Å². The van der Waals surface area contributed by atoms with Gasteiger partial charge in [-0.05, 0) is 123 Å². The first-order chi connectivity index (χ1) is 22.5. The maximum atomic E-state index is 13.1. The van der Waals surface area contributed by atoms with Crippen molar-refractivity contribution in [2.75, 3.05) is 6.61 Å². The van der Waals surface area contributed by atoms with Crippen molar-refractivity contribution in [1.82, 2.24) is 0 Å². The molecule has 264 valence electrons. The van der Waals surface area contributed by atoms with Crippen LogP contribution in [0.4, 0.5) is 0 Å². The molecule has 7 rings (SSSR count). The lowest BCUT2D eigenvalue weighted by atomic mass is 9.37. The highest BCUT2D eigenvalue weighted by molar-refractivity contribution is 5.87. The third kappa shape index (κ3) is 4.91. The zero-order valence-electron chi connectivity index (χ0n) is 30.2. The molecule has 1 aliphatic heterocycles. The first kappa shape index (κ1) is 34.2. The van der Waals surface area contributed by atoms with Crippen LogP contribution in [0.25, 0.3) is 6.08 Å². The van der Waals surface area contributed by atoms with Gasteiger partial charge >= 0.3 is 11.9 Å². The zero-order valence-corrected chi connectivity index (χ0v) is 30.2. The van der Waals surface area contributed by atoms with Gasteiger partial charge in [0.1, 0.15) is 18.3 Å². The van der Waals surface area contributed by atoms with Gasteiger partial charge in [-0.1, -0.05) is 58.0 Å². The van der Waals surface area contributed by atoms with Crippen molar-refractivity contribution in [2.45, 2.75) is 136 Å². The molecular formula is C41H58O7. The summed E-state index contributed by atoms with van der Waals surface area (Å²) < 4.78 is 18.9. The first-order valence-electron chi connectivity index (χ1n) is 18.6. The summed E-state index contributed by atoms with van der Waals surface area (Å²) >= 11 is 0. The second-order valence-electron chi connectivity index (χ2n) is 18.3. The minimum absolute atomic E-state index is 0.0311. The average molecular weight is 663 g/mol. The number of hydrogen-bond acceptors (Lipinski definition) is 7. The van der Waals surface area contributed by atoms with E-state index in [0.29, 0.717) is 24.9 Å². The largest absolute Gasteiger partial charge is 0.462 e. The summed E-state index contributed by atoms with van der Waals surface area (Å²) in [5.74, 6) is 0.839. The molecule has 7 nitrogen and oxygen atoms in total. The number of rotatable bonds is 6. The van der Waals surface area contributed by atoms with Gasteiger partial charge in [-0.25, -0.2) is 4.79 Å². The van der Waals surface area contributed by atoms with E-state index in [1.165, 1.54) is 0 Å². The maximum Gasteiger partial charge on any atom is 0.331 e. The van der Waals surface area contributed by atoms with Gasteiger partial charge in [0, 0.05) is 23.8 Å². The number of hydrogen-bond donors (Lipinski definition) is 2. The highest BCUT2D eigenvalue weighted by Crippen LogP contribution is 2.91. The molecule has 1 saturated heterocycles. The number of carbonyl (C=O) groups excluding carboxylic acids is 2. The Balaban J connectivity index is 1.14. The first-order valence-corrected chi connectivity index (χ1v) is 18.6. The fraction of sp³-hybridized carbons (Fsp3) is 0.756. The second-order valence-corrected chi connectivity index (χ2v) is 18.3. The molecule has 7 heteroatoms. The van der Waals surface area contributed by atoms with E-state index in [1.54, 1.807) is 26.8 Å². The normalized spacial score (nSPS) is 46.1. The van der Waals surface area contributed by atoms with Crippen LogP contribution in [0.1, 0.15) is 112 Å². The van der Waals surface area contributed by atoms with E-state index >= 15 is 0 Å². The summed E-state index contributed by atoms with van der Waals surface area (Å²) in [4.78, 5) is 25.9. The average Bonchev–Trinajstić information content (AvgIpc) is 3.58. The molecule has 1 aromatic carbocycles. The third-order valence-electron chi connectivity index (χ3n) is 15.5. The standard InChI is InChI=1S/C41H58O7/c1-25(42)47-33-22-31-36(2,3)32(48-34(44)14-13-26-11-9-8-10-12-26)17-18-38(31,6)30-16-19-40-24-41(40,39(30,33)7)20-15-28(40)27-21-29(43)35(46-23-27)37(4,5)45/h8-14,27-33,35,43,45H,15-24H2,1-7H3/b14-13+/t27-,28-,29+,30+,31-,32+,33+,35?,38+,39-,40+,41+/m0/s1. The summed E-state index contributed by atoms with van der Waals surface area (Å²) in [7, 11) is 0. The number of aliphatic hydroxyl groups excluding tert-OH is 1. The van der Waals surface area contributed by atoms with E-state index < -0.39 is 17.8 Å². The van der Waals surface area contributed by atoms with Crippen LogP contribution in [0.3, 0.4) is 0 Å². The molecule has 12 atom stereocenters. The molecule has 6 fully saturated rings. The minimum Gasteiger partial charge on any atom is -0.462 e. The third-order valence-corrected chi connectivity index (χ3v) is 15.5. The summed E-state index contributed by atoms with van der Waals surface area (Å²) in [5.41, 5.74) is -0.236. The number of benzene rings is 1. The lowest BCUT2D eigenvalue weighted by Gasteiger charge is -2.68. The quantitative estimate of drug-likeness (QED) is 0.247. The maximum absolute atomic E-state index is 13.1. The molecule has 2 N–H and O–H groups in total. The Bertz CT molecular complexity index is 1450. The monoisotopic (exact) mass is 662 g/mol. The molecule has 48 heavy (non-hydrogen) atoms. The number of carbonyl (C=O) groups is 2. The van der Waals surface area contributed by atoms with E-state index in [4.69, 9.17) is 14.2 Å². The Labute approximate surface area is 287 Å². The van der Waals surface area contributed by atoms with Crippen LogP contribution in [0.2, 0.25) is 0 Å². The van der Waals surface area contributed by atoms with Crippen molar-refractivity contribution < 1.29 is 34.0 Å². The summed E-state index contributed by atoms with van der Waals surface area (Å²) in [6.07, 6.45) is 10.6. The molecule has 1 aromatic rings. The van der Waals surface area contributed by atoms with Gasteiger partial charge < -0.3 is 24.4 Å². The Hall–Kier alpha value is -2.22. The van der Waals surface area contributed by atoms with Crippen LogP contribution in [0.5, 0.6) is 0 Å². The SMILES string of the molecule is CC(=O)O[C@@H]1C[C@H]2C(C)(C)[C@H](OC(=O)/C=C/c3ccccc3)CC[C@]2(C)[C@H]2CC[C@]34C[C@]3(CC[C@H]4[C@@H]3COC(C(C)(C)O)[C@H](O)C3)[C@@]21C. The summed E-state index contributed by atoms with van der Waals surface area (Å²) in [6.45, 7) is 15.1. The smallest absolute Gasteiger partial charge is 0.331 e. The minimum atomic E-state index is -1.08. The number of ether oxygens (including phenoxy) is 3. The molecule has 0 radical (unpaired) electrons. The Morgan fingerprint density at radius 2 is 1.67 bits per heavy atom. The topological polar surface area (TPSA) is 102 Å². The van der Waals surface area contributed by atoms with Crippen molar-refractivity contribution in [3.63, 3.8) is 0 Å². The van der Waals surface area contributed by atoms with E-state index in [9.17, 15) is 19.8 Å². The summed E-state index contributed by atoms with van der Waals surface area (Å²) in [6, 6.07) is 9.81. The van der Waals surface area contributed by atoms with Gasteiger partial charge in [0.25, 0.3) is 0 Å². The second kappa shape index (κ2) is 11.4.